The number of aryl methyl sites for hydroxylation is 2. The lowest BCUT2D eigenvalue weighted by molar-refractivity contribution is -0.136. The Balaban J connectivity index is 2.69. The first kappa shape index (κ1) is 10.1. The Morgan fingerprint density at radius 3 is 2.62 bits per heavy atom. The third-order valence-electron chi connectivity index (χ3n) is 1.63. The van der Waals surface area contributed by atoms with Crippen LogP contribution in [0.1, 0.15) is 18.4 Å². The van der Waals surface area contributed by atoms with Crippen molar-refractivity contribution >= 4 is 17.7 Å². The Bertz CT molecular complexity index is 302. The van der Waals surface area contributed by atoms with Crippen molar-refractivity contribution in [3.8, 4) is 0 Å². The topological polar surface area (TPSA) is 63.3 Å². The van der Waals surface area contributed by atoms with Crippen molar-refractivity contribution in [1.29, 1.82) is 0 Å². The van der Waals surface area contributed by atoms with Crippen molar-refractivity contribution in [3.05, 3.63) is 11.5 Å². The van der Waals surface area contributed by atoms with Crippen molar-refractivity contribution in [2.45, 2.75) is 31.2 Å². The predicted octanol–water partition coefficient (Wildman–Crippen LogP) is 1.86. The van der Waals surface area contributed by atoms with Crippen molar-refractivity contribution < 1.29 is 14.3 Å². The van der Waals surface area contributed by atoms with Crippen molar-refractivity contribution in [2.24, 2.45) is 0 Å². The molecule has 0 aliphatic heterocycles. The molecule has 0 fully saturated rings. The number of nitrogens with zero attached hydrogens (tertiary/aromatic N) is 1. The number of thioether (sulfide) groups is 1. The first-order valence-corrected chi connectivity index (χ1v) is 4.72. The fourth-order valence-electron chi connectivity index (χ4n) is 0.695. The first-order chi connectivity index (χ1) is 6.00. The Labute approximate surface area is 80.3 Å². The zero-order valence-corrected chi connectivity index (χ0v) is 8.51. The number of aromatic nitrogens is 1. The third-order valence-corrected chi connectivity index (χ3v) is 2.57. The lowest BCUT2D eigenvalue weighted by atomic mass is 10.4. The van der Waals surface area contributed by atoms with Crippen LogP contribution in [0.15, 0.2) is 9.64 Å². The second-order valence-electron chi connectivity index (χ2n) is 2.72. The highest BCUT2D eigenvalue weighted by Gasteiger charge is 2.16. The van der Waals surface area contributed by atoms with Gasteiger partial charge in [-0.25, -0.2) is 4.98 Å². The Morgan fingerprint density at radius 2 is 2.23 bits per heavy atom. The quantitative estimate of drug-likeness (QED) is 0.756. The number of carbonyl (C=O) groups is 1. The van der Waals surface area contributed by atoms with Gasteiger partial charge < -0.3 is 9.52 Å². The van der Waals surface area contributed by atoms with E-state index in [0.717, 1.165) is 23.2 Å². The van der Waals surface area contributed by atoms with Gasteiger partial charge in [0.1, 0.15) is 11.0 Å². The lowest BCUT2D eigenvalue weighted by Crippen LogP contribution is -2.10. The van der Waals surface area contributed by atoms with E-state index < -0.39 is 11.2 Å². The number of oxazole rings is 1. The molecule has 1 aromatic rings. The molecule has 0 saturated heterocycles. The first-order valence-electron chi connectivity index (χ1n) is 3.84. The highest BCUT2D eigenvalue weighted by molar-refractivity contribution is 8.00. The van der Waals surface area contributed by atoms with Crippen LogP contribution in [0.25, 0.3) is 0 Å². The van der Waals surface area contributed by atoms with Crippen LogP contribution >= 0.6 is 11.8 Å². The average Bonchev–Trinajstić information content (AvgIpc) is 2.31. The van der Waals surface area contributed by atoms with E-state index in [-0.39, 0.29) is 0 Å². The molecule has 1 N–H and O–H groups in total. The van der Waals surface area contributed by atoms with Gasteiger partial charge in [-0.05, 0) is 20.8 Å². The van der Waals surface area contributed by atoms with E-state index in [4.69, 9.17) is 9.52 Å². The van der Waals surface area contributed by atoms with Gasteiger partial charge in [0, 0.05) is 0 Å². The average molecular weight is 201 g/mol. The van der Waals surface area contributed by atoms with Gasteiger partial charge in [0.25, 0.3) is 5.22 Å². The molecule has 13 heavy (non-hydrogen) atoms. The Hall–Kier alpha value is -0.970. The minimum absolute atomic E-state index is 0.421. The summed E-state index contributed by atoms with van der Waals surface area (Å²) >= 11 is 1.11. The minimum Gasteiger partial charge on any atom is -0.480 e. The van der Waals surface area contributed by atoms with Gasteiger partial charge in [-0.3, -0.25) is 4.79 Å². The normalized spacial score (nSPS) is 12.8. The summed E-state index contributed by atoms with van der Waals surface area (Å²) in [5, 5.41) is 8.52. The molecule has 0 amide bonds. The summed E-state index contributed by atoms with van der Waals surface area (Å²) in [5.74, 6) is -0.126. The van der Waals surface area contributed by atoms with Crippen LogP contribution in [-0.2, 0) is 4.79 Å². The zero-order chi connectivity index (χ0) is 10.0. The van der Waals surface area contributed by atoms with Gasteiger partial charge in [0.15, 0.2) is 0 Å². The van der Waals surface area contributed by atoms with Crippen LogP contribution in [0.3, 0.4) is 0 Å². The van der Waals surface area contributed by atoms with Gasteiger partial charge >= 0.3 is 5.97 Å². The monoisotopic (exact) mass is 201 g/mol. The zero-order valence-electron chi connectivity index (χ0n) is 7.70. The van der Waals surface area contributed by atoms with Crippen LogP contribution in [0.5, 0.6) is 0 Å². The maximum atomic E-state index is 10.5. The van der Waals surface area contributed by atoms with E-state index in [1.807, 2.05) is 6.92 Å². The number of carboxylic acids is 1. The molecule has 0 aliphatic carbocycles. The summed E-state index contributed by atoms with van der Waals surface area (Å²) in [5.41, 5.74) is 0.806. The molecule has 72 valence electrons. The number of aliphatic carboxylic acids is 1. The summed E-state index contributed by atoms with van der Waals surface area (Å²) in [7, 11) is 0. The van der Waals surface area contributed by atoms with Crippen LogP contribution in [0.4, 0.5) is 0 Å². The molecule has 0 aromatic carbocycles. The summed E-state index contributed by atoms with van der Waals surface area (Å²) in [4.78, 5) is 14.6. The number of hydrogen-bond donors (Lipinski definition) is 1. The van der Waals surface area contributed by atoms with E-state index >= 15 is 0 Å². The number of carboxylic acid groups (broad SMARTS) is 1. The number of hydrogen-bond acceptors (Lipinski definition) is 4. The maximum Gasteiger partial charge on any atom is 0.316 e. The lowest BCUT2D eigenvalue weighted by Gasteiger charge is -1.99. The van der Waals surface area contributed by atoms with Gasteiger partial charge in [0.2, 0.25) is 0 Å². The maximum absolute atomic E-state index is 10.5. The van der Waals surface area contributed by atoms with Crippen LogP contribution in [0, 0.1) is 13.8 Å². The van der Waals surface area contributed by atoms with E-state index in [2.05, 4.69) is 4.98 Å². The Morgan fingerprint density at radius 1 is 1.62 bits per heavy atom. The van der Waals surface area contributed by atoms with E-state index in [0.29, 0.717) is 5.22 Å². The molecule has 1 atom stereocenters. The summed E-state index contributed by atoms with van der Waals surface area (Å²) in [6.07, 6.45) is 0. The molecule has 4 nitrogen and oxygen atoms in total. The molecular formula is C8H11NO3S. The second kappa shape index (κ2) is 3.83. The fourth-order valence-corrected chi connectivity index (χ4v) is 1.46. The Kier molecular flexibility index (Phi) is 2.98. The van der Waals surface area contributed by atoms with E-state index in [9.17, 15) is 4.79 Å². The van der Waals surface area contributed by atoms with Crippen LogP contribution < -0.4 is 0 Å². The van der Waals surface area contributed by atoms with Crippen LogP contribution in [-0.4, -0.2) is 21.3 Å². The third kappa shape index (κ3) is 2.48. The van der Waals surface area contributed by atoms with E-state index in [1.54, 1.807) is 13.8 Å². The fraction of sp³-hybridized carbons (Fsp3) is 0.500. The standard InChI is InChI=1S/C8H11NO3S/c1-4-5(2)12-8(9-4)13-6(3)7(10)11/h6H,1-3H3,(H,10,11)/t6-/m0/s1. The molecular weight excluding hydrogens is 190 g/mol. The number of rotatable bonds is 3. The van der Waals surface area contributed by atoms with Crippen molar-refractivity contribution in [2.75, 3.05) is 0 Å². The van der Waals surface area contributed by atoms with Gasteiger partial charge in [0.05, 0.1) is 5.69 Å². The van der Waals surface area contributed by atoms with Crippen LogP contribution in [0.2, 0.25) is 0 Å². The minimum atomic E-state index is -0.862. The van der Waals surface area contributed by atoms with Gasteiger partial charge in [-0.15, -0.1) is 0 Å². The molecule has 0 spiro atoms. The highest BCUT2D eigenvalue weighted by atomic mass is 32.2. The largest absolute Gasteiger partial charge is 0.480 e. The second-order valence-corrected chi connectivity index (χ2v) is 4.01. The molecule has 1 aromatic heterocycles. The SMILES string of the molecule is Cc1nc(S[C@@H](C)C(=O)O)oc1C. The summed E-state index contributed by atoms with van der Waals surface area (Å²) in [6, 6.07) is 0. The van der Waals surface area contributed by atoms with Gasteiger partial charge in [-0.2, -0.15) is 0 Å². The molecule has 1 heterocycles. The van der Waals surface area contributed by atoms with Crippen molar-refractivity contribution in [1.82, 2.24) is 4.98 Å². The van der Waals surface area contributed by atoms with Gasteiger partial charge in [-0.1, -0.05) is 11.8 Å². The smallest absolute Gasteiger partial charge is 0.316 e. The molecule has 0 bridgehead atoms. The predicted molar refractivity (Wildman–Crippen MR) is 48.9 cm³/mol. The van der Waals surface area contributed by atoms with Crippen molar-refractivity contribution in [3.63, 3.8) is 0 Å². The molecule has 5 heteroatoms. The highest BCUT2D eigenvalue weighted by Crippen LogP contribution is 2.24. The molecule has 0 saturated carbocycles. The van der Waals surface area contributed by atoms with E-state index in [1.165, 1.54) is 0 Å². The summed E-state index contributed by atoms with van der Waals surface area (Å²) in [6.45, 7) is 5.23. The molecule has 0 aliphatic rings. The summed E-state index contributed by atoms with van der Waals surface area (Å²) < 4.78 is 5.22. The molecule has 0 radical (unpaired) electrons. The molecule has 1 rings (SSSR count). The molecule has 0 unspecified atom stereocenters.